The highest BCUT2D eigenvalue weighted by atomic mass is 127. The third kappa shape index (κ3) is 6.08. The number of rotatable bonds is 9. The minimum Gasteiger partial charge on any atom is -0.490 e. The normalized spacial score (nSPS) is 14.2. The summed E-state index contributed by atoms with van der Waals surface area (Å²) in [6.07, 6.45) is 1.56. The summed E-state index contributed by atoms with van der Waals surface area (Å²) in [5.41, 5.74) is 1.56. The van der Waals surface area contributed by atoms with Crippen LogP contribution in [0.4, 0.5) is 4.79 Å². The van der Waals surface area contributed by atoms with Crippen molar-refractivity contribution in [2.45, 2.75) is 20.1 Å². The molecule has 9 nitrogen and oxygen atoms in total. The molecule has 192 valence electrons. The molecule has 0 bridgehead atoms. The Labute approximate surface area is 231 Å². The van der Waals surface area contributed by atoms with Gasteiger partial charge in [0.15, 0.2) is 11.5 Å². The van der Waals surface area contributed by atoms with Gasteiger partial charge < -0.3 is 23.9 Å². The number of nitrogens with zero attached hydrogens (tertiary/aromatic N) is 1. The third-order valence-corrected chi connectivity index (χ3v) is 6.47. The number of amides is 3. The molecule has 1 aliphatic heterocycles. The molecule has 0 saturated carbocycles. The van der Waals surface area contributed by atoms with Crippen molar-refractivity contribution >= 4 is 58.2 Å². The number of carbonyl (C=O) groups excluding carboxylic acids is 3. The fourth-order valence-electron chi connectivity index (χ4n) is 3.55. The fraction of sp³-hybridized carbons (Fsp3) is 0.192. The second-order valence-corrected chi connectivity index (χ2v) is 9.35. The van der Waals surface area contributed by atoms with Crippen molar-refractivity contribution in [1.82, 2.24) is 10.2 Å². The predicted molar refractivity (Wildman–Crippen MR) is 143 cm³/mol. The number of esters is 1. The smallest absolute Gasteiger partial charge is 0.373 e. The number of methoxy groups -OCH3 is 1. The first-order chi connectivity index (χ1) is 17.8. The average Bonchev–Trinajstić information content (AvgIpc) is 3.44. The first kappa shape index (κ1) is 26.6. The number of imide groups is 1. The summed E-state index contributed by atoms with van der Waals surface area (Å²) in [4.78, 5) is 38.0. The molecule has 0 aliphatic carbocycles. The number of furan rings is 1. The van der Waals surface area contributed by atoms with Crippen molar-refractivity contribution in [1.29, 1.82) is 0 Å². The lowest BCUT2D eigenvalue weighted by molar-refractivity contribution is -0.123. The Bertz CT molecular complexity index is 1380. The van der Waals surface area contributed by atoms with Crippen LogP contribution in [0.3, 0.4) is 0 Å². The van der Waals surface area contributed by atoms with Gasteiger partial charge in [-0.25, -0.2) is 9.59 Å². The van der Waals surface area contributed by atoms with Crippen LogP contribution in [0.5, 0.6) is 11.5 Å². The van der Waals surface area contributed by atoms with E-state index in [4.69, 9.17) is 25.5 Å². The van der Waals surface area contributed by atoms with Gasteiger partial charge in [0.05, 0.1) is 23.8 Å². The SMILES string of the molecule is CCOc1cc(/C=C2\NC(=O)N(Cc3ccc(C(=O)OC)o3)C2=O)cc(I)c1OCc1ccccc1Cl. The molecule has 2 heterocycles. The second kappa shape index (κ2) is 11.7. The molecule has 1 fully saturated rings. The van der Waals surface area contributed by atoms with Gasteiger partial charge in [-0.15, -0.1) is 0 Å². The van der Waals surface area contributed by atoms with Gasteiger partial charge in [-0.3, -0.25) is 9.69 Å². The Morgan fingerprint density at radius 1 is 1.16 bits per heavy atom. The molecule has 37 heavy (non-hydrogen) atoms. The highest BCUT2D eigenvalue weighted by Gasteiger charge is 2.34. The summed E-state index contributed by atoms with van der Waals surface area (Å²) >= 11 is 8.37. The number of urea groups is 1. The van der Waals surface area contributed by atoms with Gasteiger partial charge >= 0.3 is 12.0 Å². The molecule has 0 unspecified atom stereocenters. The highest BCUT2D eigenvalue weighted by molar-refractivity contribution is 14.1. The van der Waals surface area contributed by atoms with Crippen molar-refractivity contribution in [2.24, 2.45) is 0 Å². The summed E-state index contributed by atoms with van der Waals surface area (Å²) in [5, 5.41) is 3.18. The van der Waals surface area contributed by atoms with E-state index in [0.29, 0.717) is 28.7 Å². The van der Waals surface area contributed by atoms with Crippen molar-refractivity contribution in [3.63, 3.8) is 0 Å². The topological polar surface area (TPSA) is 107 Å². The second-order valence-electron chi connectivity index (χ2n) is 7.78. The molecular weight excluding hydrogens is 615 g/mol. The largest absolute Gasteiger partial charge is 0.490 e. The molecule has 0 radical (unpaired) electrons. The first-order valence-electron chi connectivity index (χ1n) is 11.1. The van der Waals surface area contributed by atoms with Crippen LogP contribution in [0.2, 0.25) is 5.02 Å². The molecule has 1 aromatic heterocycles. The molecule has 0 spiro atoms. The summed E-state index contributed by atoms with van der Waals surface area (Å²) < 4.78 is 22.6. The Morgan fingerprint density at radius 3 is 2.68 bits per heavy atom. The lowest BCUT2D eigenvalue weighted by atomic mass is 10.1. The van der Waals surface area contributed by atoms with Gasteiger partial charge in [0.2, 0.25) is 5.76 Å². The van der Waals surface area contributed by atoms with Gasteiger partial charge in [0.25, 0.3) is 5.91 Å². The van der Waals surface area contributed by atoms with Crippen LogP contribution in [0.15, 0.2) is 58.6 Å². The zero-order chi connectivity index (χ0) is 26.5. The summed E-state index contributed by atoms with van der Waals surface area (Å²) in [5.74, 6) is 0.102. The van der Waals surface area contributed by atoms with Crippen LogP contribution in [0.25, 0.3) is 6.08 Å². The molecule has 0 atom stereocenters. The van der Waals surface area contributed by atoms with E-state index in [-0.39, 0.29) is 30.4 Å². The number of halogens is 2. The van der Waals surface area contributed by atoms with Crippen LogP contribution < -0.4 is 14.8 Å². The molecule has 4 rings (SSSR count). The quantitative estimate of drug-likeness (QED) is 0.145. The zero-order valence-corrected chi connectivity index (χ0v) is 22.8. The van der Waals surface area contributed by atoms with E-state index < -0.39 is 17.9 Å². The van der Waals surface area contributed by atoms with Gasteiger partial charge in [0.1, 0.15) is 18.1 Å². The van der Waals surface area contributed by atoms with E-state index in [1.54, 1.807) is 18.2 Å². The van der Waals surface area contributed by atoms with Crippen molar-refractivity contribution < 1.29 is 33.0 Å². The Kier molecular flexibility index (Phi) is 8.39. The molecule has 1 aliphatic rings. The number of hydrogen-bond acceptors (Lipinski definition) is 7. The standard InChI is InChI=1S/C26H22ClIN2O7/c1-3-35-22-12-15(10-19(28)23(22)36-14-16-6-4-5-7-18(16)27)11-20-24(31)30(26(33)29-20)13-17-8-9-21(37-17)25(32)34-2/h4-12H,3,13-14H2,1-2H3,(H,29,33)/b20-11-. The van der Waals surface area contributed by atoms with E-state index in [1.807, 2.05) is 31.2 Å². The summed E-state index contributed by atoms with van der Waals surface area (Å²) in [6.45, 7) is 2.37. The van der Waals surface area contributed by atoms with Crippen LogP contribution >= 0.6 is 34.2 Å². The van der Waals surface area contributed by atoms with Crippen molar-refractivity contribution in [3.05, 3.63) is 85.5 Å². The Morgan fingerprint density at radius 2 is 1.95 bits per heavy atom. The number of hydrogen-bond donors (Lipinski definition) is 1. The highest BCUT2D eigenvalue weighted by Crippen LogP contribution is 2.36. The van der Waals surface area contributed by atoms with Crippen molar-refractivity contribution in [2.75, 3.05) is 13.7 Å². The van der Waals surface area contributed by atoms with Crippen molar-refractivity contribution in [3.8, 4) is 11.5 Å². The van der Waals surface area contributed by atoms with E-state index in [1.165, 1.54) is 19.2 Å². The van der Waals surface area contributed by atoms with Crippen LogP contribution in [-0.2, 0) is 22.7 Å². The van der Waals surface area contributed by atoms with Gasteiger partial charge in [-0.05, 0) is 71.5 Å². The Balaban J connectivity index is 1.53. The maximum Gasteiger partial charge on any atom is 0.373 e. The molecule has 1 saturated heterocycles. The summed E-state index contributed by atoms with van der Waals surface area (Å²) in [6, 6.07) is 13.3. The van der Waals surface area contributed by atoms with Crippen LogP contribution in [0.1, 0.15) is 34.4 Å². The molecule has 3 amide bonds. The average molecular weight is 637 g/mol. The van der Waals surface area contributed by atoms with E-state index in [0.717, 1.165) is 14.0 Å². The van der Waals surface area contributed by atoms with E-state index in [9.17, 15) is 14.4 Å². The minimum absolute atomic E-state index is 0.0183. The van der Waals surface area contributed by atoms with Gasteiger partial charge in [-0.2, -0.15) is 0 Å². The van der Waals surface area contributed by atoms with Gasteiger partial charge in [0, 0.05) is 10.6 Å². The van der Waals surface area contributed by atoms with Gasteiger partial charge in [-0.1, -0.05) is 29.8 Å². The molecule has 11 heteroatoms. The molecule has 3 aromatic rings. The maximum absolute atomic E-state index is 12.9. The number of nitrogens with one attached hydrogen (secondary N) is 1. The maximum atomic E-state index is 12.9. The first-order valence-corrected chi connectivity index (χ1v) is 12.6. The van der Waals surface area contributed by atoms with Crippen LogP contribution in [0, 0.1) is 3.57 Å². The number of carbonyl (C=O) groups is 3. The Hall–Kier alpha value is -3.51. The summed E-state index contributed by atoms with van der Waals surface area (Å²) in [7, 11) is 1.23. The fourth-order valence-corrected chi connectivity index (χ4v) is 4.52. The molecular formula is C26H22ClIN2O7. The predicted octanol–water partition coefficient (Wildman–Crippen LogP) is 5.39. The number of benzene rings is 2. The monoisotopic (exact) mass is 636 g/mol. The third-order valence-electron chi connectivity index (χ3n) is 5.30. The van der Waals surface area contributed by atoms with Crippen LogP contribution in [-0.4, -0.2) is 36.5 Å². The molecule has 2 aromatic carbocycles. The molecule has 1 N–H and O–H groups in total. The minimum atomic E-state index is -0.650. The lowest BCUT2D eigenvalue weighted by Gasteiger charge is -2.15. The zero-order valence-electron chi connectivity index (χ0n) is 19.9. The van der Waals surface area contributed by atoms with E-state index in [2.05, 4.69) is 32.6 Å². The number of ether oxygens (including phenoxy) is 3. The lowest BCUT2D eigenvalue weighted by Crippen LogP contribution is -2.30. The van der Waals surface area contributed by atoms with E-state index >= 15 is 0 Å².